The van der Waals surface area contributed by atoms with Gasteiger partial charge in [-0.15, -0.1) is 0 Å². The second kappa shape index (κ2) is 6.89. The monoisotopic (exact) mass is 426 g/mol. The summed E-state index contributed by atoms with van der Waals surface area (Å²) in [6.07, 6.45) is 1.47. The van der Waals surface area contributed by atoms with E-state index in [-0.39, 0.29) is 0 Å². The summed E-state index contributed by atoms with van der Waals surface area (Å²) in [5, 5.41) is 7.16. The Hall–Kier alpha value is -2.71. The van der Waals surface area contributed by atoms with Crippen molar-refractivity contribution in [1.82, 2.24) is 15.0 Å². The van der Waals surface area contributed by atoms with E-state index in [9.17, 15) is 0 Å². The first kappa shape index (κ1) is 16.7. The van der Waals surface area contributed by atoms with Gasteiger partial charge in [0.25, 0.3) is 0 Å². The largest absolute Gasteiger partial charge is 0.393 e. The van der Waals surface area contributed by atoms with Crippen LogP contribution in [0.25, 0.3) is 10.2 Å². The first-order chi connectivity index (χ1) is 12.6. The van der Waals surface area contributed by atoms with Gasteiger partial charge in [-0.1, -0.05) is 39.4 Å². The van der Waals surface area contributed by atoms with Gasteiger partial charge in [-0.2, -0.15) is 0 Å². The summed E-state index contributed by atoms with van der Waals surface area (Å²) in [4.78, 5) is 13.1. The number of thiazole rings is 1. The third-order valence-corrected chi connectivity index (χ3v) is 5.30. The average molecular weight is 427 g/mol. The summed E-state index contributed by atoms with van der Waals surface area (Å²) in [5.74, 6) is 1.07. The van der Waals surface area contributed by atoms with Gasteiger partial charge in [-0.3, -0.25) is 0 Å². The lowest BCUT2D eigenvalue weighted by Gasteiger charge is -2.11. The molecule has 0 aliphatic rings. The highest BCUT2D eigenvalue weighted by atomic mass is 79.9. The summed E-state index contributed by atoms with van der Waals surface area (Å²) in [6, 6.07) is 13.9. The van der Waals surface area contributed by atoms with Gasteiger partial charge in [0.15, 0.2) is 16.8 Å². The highest BCUT2D eigenvalue weighted by molar-refractivity contribution is 9.10. The van der Waals surface area contributed by atoms with E-state index in [1.54, 1.807) is 11.3 Å². The van der Waals surface area contributed by atoms with Crippen molar-refractivity contribution in [3.63, 3.8) is 0 Å². The van der Waals surface area contributed by atoms with Gasteiger partial charge in [0, 0.05) is 10.2 Å². The molecule has 6 nitrogen and oxygen atoms in total. The fourth-order valence-electron chi connectivity index (χ4n) is 2.51. The minimum absolute atomic E-state index is 0.436. The highest BCUT2D eigenvalue weighted by Gasteiger charge is 2.12. The molecule has 2 heterocycles. The number of nitrogens with one attached hydrogen (secondary N) is 2. The normalized spacial score (nSPS) is 10.8. The van der Waals surface area contributed by atoms with Crippen molar-refractivity contribution in [2.75, 3.05) is 16.4 Å². The number of halogens is 1. The summed E-state index contributed by atoms with van der Waals surface area (Å²) >= 11 is 4.98. The van der Waals surface area contributed by atoms with E-state index in [2.05, 4.69) is 47.6 Å². The number of fused-ring (bicyclic) bond motifs is 1. The number of nitrogen functional groups attached to an aromatic ring is 1. The van der Waals surface area contributed by atoms with Crippen LogP contribution in [0.5, 0.6) is 0 Å². The zero-order valence-electron chi connectivity index (χ0n) is 13.8. The van der Waals surface area contributed by atoms with E-state index in [1.165, 1.54) is 6.33 Å². The molecule has 0 fully saturated rings. The number of benzene rings is 2. The Morgan fingerprint density at radius 2 is 1.73 bits per heavy atom. The van der Waals surface area contributed by atoms with Crippen LogP contribution in [-0.2, 0) is 0 Å². The van der Waals surface area contributed by atoms with E-state index < -0.39 is 0 Å². The molecule has 8 heteroatoms. The first-order valence-electron chi connectivity index (χ1n) is 7.86. The molecule has 26 heavy (non-hydrogen) atoms. The molecule has 0 spiro atoms. The molecule has 2 aromatic heterocycles. The topological polar surface area (TPSA) is 88.8 Å². The van der Waals surface area contributed by atoms with E-state index in [1.807, 2.05) is 43.3 Å². The Morgan fingerprint density at radius 1 is 1.00 bits per heavy atom. The Labute approximate surface area is 162 Å². The van der Waals surface area contributed by atoms with Crippen LogP contribution in [-0.4, -0.2) is 15.0 Å². The van der Waals surface area contributed by atoms with Crippen LogP contribution < -0.4 is 16.4 Å². The molecule has 130 valence electrons. The fraction of sp³-hybridized carbons (Fsp3) is 0.0556. The molecule has 0 atom stereocenters. The molecule has 0 saturated heterocycles. The van der Waals surface area contributed by atoms with Crippen molar-refractivity contribution >= 4 is 65.6 Å². The molecular formula is C18H15BrN6S. The maximum Gasteiger partial charge on any atom is 0.189 e. The molecule has 0 saturated carbocycles. The molecule has 4 aromatic rings. The van der Waals surface area contributed by atoms with E-state index >= 15 is 0 Å². The molecule has 0 unspecified atom stereocenters. The van der Waals surface area contributed by atoms with Gasteiger partial charge in [-0.25, -0.2) is 15.0 Å². The van der Waals surface area contributed by atoms with Crippen LogP contribution >= 0.6 is 27.3 Å². The predicted molar refractivity (Wildman–Crippen MR) is 112 cm³/mol. The molecule has 4 N–H and O–H groups in total. The van der Waals surface area contributed by atoms with Crippen LogP contribution in [0.15, 0.2) is 53.3 Å². The molecule has 0 bridgehead atoms. The number of hydrogen-bond acceptors (Lipinski definition) is 7. The summed E-state index contributed by atoms with van der Waals surface area (Å²) in [7, 11) is 0. The lowest BCUT2D eigenvalue weighted by Crippen LogP contribution is -2.05. The third kappa shape index (κ3) is 3.33. The van der Waals surface area contributed by atoms with Crippen LogP contribution in [0.4, 0.5) is 28.1 Å². The van der Waals surface area contributed by atoms with Crippen molar-refractivity contribution < 1.29 is 0 Å². The Kier molecular flexibility index (Phi) is 4.44. The lowest BCUT2D eigenvalue weighted by molar-refractivity contribution is 1.17. The van der Waals surface area contributed by atoms with Gasteiger partial charge < -0.3 is 16.4 Å². The second-order valence-corrected chi connectivity index (χ2v) is 7.63. The molecule has 4 rings (SSSR count). The van der Waals surface area contributed by atoms with E-state index in [0.717, 1.165) is 31.1 Å². The van der Waals surface area contributed by atoms with Gasteiger partial charge in [0.1, 0.15) is 12.0 Å². The van der Waals surface area contributed by atoms with Crippen molar-refractivity contribution in [3.05, 3.63) is 58.8 Å². The van der Waals surface area contributed by atoms with Crippen LogP contribution in [0.2, 0.25) is 0 Å². The van der Waals surface area contributed by atoms with Crippen molar-refractivity contribution in [2.24, 2.45) is 0 Å². The first-order valence-corrected chi connectivity index (χ1v) is 9.47. The van der Waals surface area contributed by atoms with Crippen molar-refractivity contribution in [3.8, 4) is 0 Å². The number of rotatable bonds is 4. The van der Waals surface area contributed by atoms with Crippen molar-refractivity contribution in [1.29, 1.82) is 0 Å². The standard InChI is InChI=1S/C18H15BrN6S/c1-10-3-2-4-13-15(10)24-18(26-13)25-17-14(20)16(21-9-22-17)23-12-7-5-11(19)6-8-12/h2-9H,20H2,1H3,(H2,21,22,23,24,25). The smallest absolute Gasteiger partial charge is 0.189 e. The lowest BCUT2D eigenvalue weighted by atomic mass is 10.2. The number of nitrogens with zero attached hydrogens (tertiary/aromatic N) is 3. The van der Waals surface area contributed by atoms with Gasteiger partial charge in [0.05, 0.1) is 10.2 Å². The van der Waals surface area contributed by atoms with Crippen LogP contribution in [0, 0.1) is 6.92 Å². The summed E-state index contributed by atoms with van der Waals surface area (Å²) in [6.45, 7) is 2.05. The number of anilines is 5. The maximum absolute atomic E-state index is 6.25. The quantitative estimate of drug-likeness (QED) is 0.414. The van der Waals surface area contributed by atoms with E-state index in [0.29, 0.717) is 17.3 Å². The van der Waals surface area contributed by atoms with Gasteiger partial charge in [-0.05, 0) is 42.8 Å². The number of aromatic nitrogens is 3. The molecule has 0 radical (unpaired) electrons. The molecular weight excluding hydrogens is 412 g/mol. The number of para-hydroxylation sites is 1. The van der Waals surface area contributed by atoms with Crippen LogP contribution in [0.3, 0.4) is 0 Å². The summed E-state index contributed by atoms with van der Waals surface area (Å²) in [5.41, 5.74) is 9.70. The number of nitrogens with two attached hydrogens (primary N) is 1. The number of hydrogen-bond donors (Lipinski definition) is 3. The minimum atomic E-state index is 0.436. The molecule has 0 aliphatic heterocycles. The Morgan fingerprint density at radius 3 is 2.46 bits per heavy atom. The van der Waals surface area contributed by atoms with Crippen molar-refractivity contribution in [2.45, 2.75) is 6.92 Å². The Bertz CT molecular complexity index is 1080. The molecule has 0 aliphatic carbocycles. The van der Waals surface area contributed by atoms with Gasteiger partial charge >= 0.3 is 0 Å². The molecule has 2 aromatic carbocycles. The SMILES string of the molecule is Cc1cccc2sc(Nc3ncnc(Nc4ccc(Br)cc4)c3N)nc12. The molecule has 0 amide bonds. The zero-order chi connectivity index (χ0) is 18.1. The van der Waals surface area contributed by atoms with Gasteiger partial charge in [0.2, 0.25) is 0 Å². The van der Waals surface area contributed by atoms with Crippen LogP contribution in [0.1, 0.15) is 5.56 Å². The van der Waals surface area contributed by atoms with E-state index in [4.69, 9.17) is 5.73 Å². The Balaban J connectivity index is 1.62. The maximum atomic E-state index is 6.25. The fourth-order valence-corrected chi connectivity index (χ4v) is 3.71. The predicted octanol–water partition coefficient (Wildman–Crippen LogP) is 5.23. The zero-order valence-corrected chi connectivity index (χ0v) is 16.2. The highest BCUT2D eigenvalue weighted by Crippen LogP contribution is 2.33. The number of aryl methyl sites for hydroxylation is 1. The summed E-state index contributed by atoms with van der Waals surface area (Å²) < 4.78 is 2.13. The third-order valence-electron chi connectivity index (χ3n) is 3.84. The second-order valence-electron chi connectivity index (χ2n) is 5.68. The average Bonchev–Trinajstić information content (AvgIpc) is 3.04. The minimum Gasteiger partial charge on any atom is -0.393 e.